The van der Waals surface area contributed by atoms with Crippen LogP contribution in [0.25, 0.3) is 0 Å². The molecule has 1 aliphatic rings. The van der Waals surface area contributed by atoms with Gasteiger partial charge < -0.3 is 19.7 Å². The van der Waals surface area contributed by atoms with Crippen LogP contribution in [0.3, 0.4) is 0 Å². The molecule has 0 amide bonds. The smallest absolute Gasteiger partial charge is 0.188 e. The van der Waals surface area contributed by atoms with Crippen LogP contribution in [0.5, 0.6) is 0 Å². The van der Waals surface area contributed by atoms with E-state index in [-0.39, 0.29) is 23.6 Å². The normalized spacial score (nSPS) is 38.1. The van der Waals surface area contributed by atoms with Crippen molar-refractivity contribution in [2.75, 3.05) is 6.61 Å². The number of ether oxygens (including phenoxy) is 1. The Kier molecular flexibility index (Phi) is 4.41. The van der Waals surface area contributed by atoms with E-state index in [0.717, 1.165) is 0 Å². The van der Waals surface area contributed by atoms with Gasteiger partial charge in [0.15, 0.2) is 8.32 Å². The minimum atomic E-state index is -2.30. The van der Waals surface area contributed by atoms with Crippen molar-refractivity contribution in [1.29, 1.82) is 0 Å². The van der Waals surface area contributed by atoms with E-state index in [4.69, 9.17) is 4.74 Å². The van der Waals surface area contributed by atoms with Gasteiger partial charge in [0.1, 0.15) is 13.4 Å². The lowest BCUT2D eigenvalue weighted by Gasteiger charge is -2.38. The van der Waals surface area contributed by atoms with Crippen molar-refractivity contribution in [1.82, 2.24) is 0 Å². The van der Waals surface area contributed by atoms with E-state index < -0.39 is 20.0 Å². The highest BCUT2D eigenvalue weighted by Gasteiger charge is 2.52. The Morgan fingerprint density at radius 2 is 1.89 bits per heavy atom. The van der Waals surface area contributed by atoms with Crippen molar-refractivity contribution in [3.05, 3.63) is 0 Å². The van der Waals surface area contributed by atoms with E-state index in [1.54, 1.807) is 6.92 Å². The van der Waals surface area contributed by atoms with E-state index >= 15 is 0 Å². The number of aliphatic hydroxyl groups excluding tert-OH is 2. The van der Waals surface area contributed by atoms with E-state index in [1.165, 1.54) is 0 Å². The van der Waals surface area contributed by atoms with Crippen molar-refractivity contribution in [2.24, 2.45) is 5.92 Å². The molecule has 1 saturated heterocycles. The van der Waals surface area contributed by atoms with Crippen molar-refractivity contribution in [3.8, 4) is 0 Å². The van der Waals surface area contributed by atoms with Gasteiger partial charge in [-0.2, -0.15) is 0 Å². The topological polar surface area (TPSA) is 69.9 Å². The van der Waals surface area contributed by atoms with Crippen molar-refractivity contribution >= 4 is 16.2 Å². The molecule has 0 spiro atoms. The van der Waals surface area contributed by atoms with Crippen LogP contribution in [0.1, 0.15) is 27.2 Å². The number of rotatable bonds is 4. The number of hydrogen-bond acceptors (Lipinski definition) is 4. The maximum absolute atomic E-state index is 10.4. The van der Waals surface area contributed by atoms with E-state index in [0.29, 0.717) is 6.42 Å². The Labute approximate surface area is 112 Å². The van der Waals surface area contributed by atoms with Gasteiger partial charge in [0, 0.05) is 11.9 Å². The van der Waals surface area contributed by atoms with E-state index in [9.17, 15) is 15.0 Å². The van der Waals surface area contributed by atoms with E-state index in [1.807, 2.05) is 34.8 Å². The molecule has 0 bridgehead atoms. The molecule has 3 N–H and O–H groups in total. The Bertz CT molecular complexity index is 305. The summed E-state index contributed by atoms with van der Waals surface area (Å²) in [5.41, 5.74) is -0.874. The molecule has 4 nitrogen and oxygen atoms in total. The van der Waals surface area contributed by atoms with Crippen LogP contribution in [0.4, 0.5) is 0 Å². The maximum atomic E-state index is 10.4. The monoisotopic (exact) mass is 274 g/mol. The number of hydrogen-bond donors (Lipinski definition) is 3. The minimum absolute atomic E-state index is 0.0453. The van der Waals surface area contributed by atoms with Crippen molar-refractivity contribution in [2.45, 2.75) is 63.0 Å². The van der Waals surface area contributed by atoms with Gasteiger partial charge in [0.2, 0.25) is 0 Å². The minimum Gasteiger partial charge on any atom is -0.432 e. The molecule has 1 unspecified atom stereocenters. The van der Waals surface area contributed by atoms with Crippen LogP contribution in [0, 0.1) is 5.92 Å². The molecule has 0 saturated carbocycles. The van der Waals surface area contributed by atoms with Gasteiger partial charge in [-0.3, -0.25) is 0 Å². The van der Waals surface area contributed by atoms with Gasteiger partial charge in [0.05, 0.1) is 12.7 Å². The van der Waals surface area contributed by atoms with Gasteiger partial charge >= 0.3 is 0 Å². The van der Waals surface area contributed by atoms with Gasteiger partial charge in [0.25, 0.3) is 0 Å². The number of aliphatic hydroxyl groups is 2. The predicted octanol–water partition coefficient (Wildman–Crippen LogP) is 0.0716. The van der Waals surface area contributed by atoms with Crippen LogP contribution in [0.15, 0.2) is 0 Å². The van der Waals surface area contributed by atoms with Crippen LogP contribution in [-0.2, 0) is 4.74 Å². The summed E-state index contributed by atoms with van der Waals surface area (Å²) in [6.07, 6.45) is 0.0221. The molecule has 0 aromatic heterocycles. The fraction of sp³-hybridized carbons (Fsp3) is 1.00. The maximum Gasteiger partial charge on any atom is 0.188 e. The second kappa shape index (κ2) is 4.90. The highest BCUT2D eigenvalue weighted by atomic mass is 28.4. The van der Waals surface area contributed by atoms with Gasteiger partial charge in [-0.25, -0.2) is 0 Å². The first-order valence-electron chi connectivity index (χ1n) is 6.64. The summed E-state index contributed by atoms with van der Waals surface area (Å²) >= 11 is 0. The average Bonchev–Trinajstić information content (AvgIpc) is 2.41. The average molecular weight is 274 g/mol. The SMILES string of the molecule is B[C@@H]1O[C@](C)(CO)C(O)[C@@H]1CC(C)(C)[Si](C)(C)O. The molecule has 0 aromatic carbocycles. The second-order valence-corrected chi connectivity index (χ2v) is 11.5. The Balaban J connectivity index is 2.86. The zero-order valence-corrected chi connectivity index (χ0v) is 13.4. The molecule has 106 valence electrons. The van der Waals surface area contributed by atoms with Crippen LogP contribution in [-0.4, -0.2) is 55.5 Å². The molecule has 1 fully saturated rings. The van der Waals surface area contributed by atoms with Crippen molar-refractivity contribution in [3.63, 3.8) is 0 Å². The third-order valence-corrected chi connectivity index (χ3v) is 8.32. The molecule has 6 heteroatoms. The molecule has 4 atom stereocenters. The Morgan fingerprint density at radius 3 is 2.22 bits per heavy atom. The van der Waals surface area contributed by atoms with Crippen LogP contribution >= 0.6 is 0 Å². The Hall–Kier alpha value is 0.122. The lowest BCUT2D eigenvalue weighted by Crippen LogP contribution is -2.45. The quantitative estimate of drug-likeness (QED) is 0.635. The molecule has 0 radical (unpaired) electrons. The molecule has 1 aliphatic heterocycles. The predicted molar refractivity (Wildman–Crippen MR) is 76.8 cm³/mol. The van der Waals surface area contributed by atoms with Crippen LogP contribution in [0.2, 0.25) is 18.1 Å². The summed E-state index contributed by atoms with van der Waals surface area (Å²) in [4.78, 5) is 10.3. The molecule has 0 aliphatic carbocycles. The lowest BCUT2D eigenvalue weighted by molar-refractivity contribution is -0.0850. The molecule has 18 heavy (non-hydrogen) atoms. The van der Waals surface area contributed by atoms with E-state index in [2.05, 4.69) is 0 Å². The fourth-order valence-electron chi connectivity index (χ4n) is 2.54. The van der Waals surface area contributed by atoms with Crippen LogP contribution < -0.4 is 0 Å². The summed E-state index contributed by atoms with van der Waals surface area (Å²) in [7, 11) is -0.370. The standard InChI is InChI=1S/C12H27BO4Si/c1-11(2,18(4,5)16)6-8-9(15)12(3,7-14)17-10(8)13/h8-10,14-16H,6-7,13H2,1-5H3/t8-,9?,10+,12+/m0/s1. The first-order chi connectivity index (χ1) is 7.94. The van der Waals surface area contributed by atoms with Gasteiger partial charge in [-0.1, -0.05) is 13.8 Å². The summed E-state index contributed by atoms with van der Waals surface area (Å²) in [6.45, 7) is 9.49. The first-order valence-corrected chi connectivity index (χ1v) is 9.58. The summed E-state index contributed by atoms with van der Waals surface area (Å²) < 4.78 is 5.72. The molecule has 0 aromatic rings. The zero-order valence-electron chi connectivity index (χ0n) is 12.4. The second-order valence-electron chi connectivity index (χ2n) is 7.05. The first kappa shape index (κ1) is 16.2. The van der Waals surface area contributed by atoms with Gasteiger partial charge in [-0.15, -0.1) is 0 Å². The third kappa shape index (κ3) is 2.83. The van der Waals surface area contributed by atoms with Crippen molar-refractivity contribution < 1.29 is 19.7 Å². The summed E-state index contributed by atoms with van der Waals surface area (Å²) in [5, 5.41) is 19.5. The molecule has 1 rings (SSSR count). The highest BCUT2D eigenvalue weighted by Crippen LogP contribution is 2.47. The summed E-state index contributed by atoms with van der Waals surface area (Å²) in [5.74, 6) is -0.0453. The third-order valence-electron chi connectivity index (χ3n) is 4.81. The largest absolute Gasteiger partial charge is 0.432 e. The molecular weight excluding hydrogens is 247 g/mol. The fourth-order valence-corrected chi connectivity index (χ4v) is 3.27. The zero-order chi connectivity index (χ0) is 14.4. The lowest BCUT2D eigenvalue weighted by atomic mass is 9.77. The highest BCUT2D eigenvalue weighted by molar-refractivity contribution is 6.72. The van der Waals surface area contributed by atoms with Gasteiger partial charge in [-0.05, 0) is 31.5 Å². The molecule has 1 heterocycles. The Morgan fingerprint density at radius 1 is 1.39 bits per heavy atom. The summed E-state index contributed by atoms with van der Waals surface area (Å²) in [6, 6.07) is -0.104. The molecular formula is C12H27BO4Si.